The van der Waals surface area contributed by atoms with E-state index in [1.54, 1.807) is 14.2 Å². The van der Waals surface area contributed by atoms with Crippen molar-refractivity contribution in [3.8, 4) is 11.5 Å². The first-order chi connectivity index (χ1) is 9.24. The fourth-order valence-corrected chi connectivity index (χ4v) is 1.86. The highest BCUT2D eigenvalue weighted by Crippen LogP contribution is 2.31. The number of anilines is 1. The van der Waals surface area contributed by atoms with Gasteiger partial charge in [0, 0.05) is 17.8 Å². The van der Waals surface area contributed by atoms with E-state index < -0.39 is 0 Å². The van der Waals surface area contributed by atoms with Gasteiger partial charge in [-0.25, -0.2) is 0 Å². The SMILES string of the molecule is COc1cccc(CNc2ccc(C)nc2)c1OC. The molecule has 0 radical (unpaired) electrons. The van der Waals surface area contributed by atoms with Crippen LogP contribution >= 0.6 is 0 Å². The van der Waals surface area contributed by atoms with Gasteiger partial charge in [-0.2, -0.15) is 0 Å². The van der Waals surface area contributed by atoms with Crippen LogP contribution in [0.4, 0.5) is 5.69 Å². The van der Waals surface area contributed by atoms with Crippen LogP contribution in [0, 0.1) is 6.92 Å². The Morgan fingerprint density at radius 3 is 2.58 bits per heavy atom. The van der Waals surface area contributed by atoms with Crippen LogP contribution in [0.3, 0.4) is 0 Å². The third-order valence-electron chi connectivity index (χ3n) is 2.88. The Bertz CT molecular complexity index is 538. The molecule has 0 aliphatic carbocycles. The van der Waals surface area contributed by atoms with E-state index in [-0.39, 0.29) is 0 Å². The summed E-state index contributed by atoms with van der Waals surface area (Å²) in [5, 5.41) is 3.32. The second-order valence-electron chi connectivity index (χ2n) is 4.19. The Labute approximate surface area is 113 Å². The number of aryl methyl sites for hydroxylation is 1. The van der Waals surface area contributed by atoms with E-state index in [4.69, 9.17) is 9.47 Å². The molecule has 1 heterocycles. The molecular weight excluding hydrogens is 240 g/mol. The van der Waals surface area contributed by atoms with E-state index in [1.165, 1.54) is 0 Å². The quantitative estimate of drug-likeness (QED) is 0.895. The molecule has 2 rings (SSSR count). The number of methoxy groups -OCH3 is 2. The van der Waals surface area contributed by atoms with Gasteiger partial charge in [0.15, 0.2) is 11.5 Å². The van der Waals surface area contributed by atoms with Crippen molar-refractivity contribution < 1.29 is 9.47 Å². The van der Waals surface area contributed by atoms with Crippen LogP contribution in [0.5, 0.6) is 11.5 Å². The molecule has 0 aliphatic rings. The first-order valence-corrected chi connectivity index (χ1v) is 6.11. The minimum atomic E-state index is 0.658. The van der Waals surface area contributed by atoms with Crippen molar-refractivity contribution >= 4 is 5.69 Å². The summed E-state index contributed by atoms with van der Waals surface area (Å²) in [4.78, 5) is 4.25. The molecule has 0 atom stereocenters. The van der Waals surface area contributed by atoms with Crippen LogP contribution in [0.25, 0.3) is 0 Å². The smallest absolute Gasteiger partial charge is 0.165 e. The minimum Gasteiger partial charge on any atom is -0.493 e. The number of nitrogens with one attached hydrogen (secondary N) is 1. The van der Waals surface area contributed by atoms with Crippen LogP contribution in [0.1, 0.15) is 11.3 Å². The molecule has 0 saturated heterocycles. The molecule has 0 saturated carbocycles. The van der Waals surface area contributed by atoms with Crippen LogP contribution in [0.2, 0.25) is 0 Å². The van der Waals surface area contributed by atoms with Crippen molar-refractivity contribution in [2.45, 2.75) is 13.5 Å². The molecular formula is C15H18N2O2. The highest BCUT2D eigenvalue weighted by Gasteiger charge is 2.08. The van der Waals surface area contributed by atoms with Gasteiger partial charge >= 0.3 is 0 Å². The lowest BCUT2D eigenvalue weighted by Gasteiger charge is -2.13. The van der Waals surface area contributed by atoms with Gasteiger partial charge in [-0.15, -0.1) is 0 Å². The van der Waals surface area contributed by atoms with Crippen molar-refractivity contribution in [3.05, 3.63) is 47.8 Å². The number of hydrogen-bond donors (Lipinski definition) is 1. The molecule has 0 aliphatic heterocycles. The zero-order valence-corrected chi connectivity index (χ0v) is 11.4. The van der Waals surface area contributed by atoms with Crippen molar-refractivity contribution in [1.29, 1.82) is 0 Å². The molecule has 0 bridgehead atoms. The predicted octanol–water partition coefficient (Wildman–Crippen LogP) is 3.02. The summed E-state index contributed by atoms with van der Waals surface area (Å²) in [7, 11) is 3.29. The van der Waals surface area contributed by atoms with Crippen LogP contribution < -0.4 is 14.8 Å². The molecule has 100 valence electrons. The Morgan fingerprint density at radius 2 is 1.95 bits per heavy atom. The third kappa shape index (κ3) is 3.16. The van der Waals surface area contributed by atoms with E-state index >= 15 is 0 Å². The Hall–Kier alpha value is -2.23. The number of pyridine rings is 1. The standard InChI is InChI=1S/C15H18N2O2/c1-11-7-8-13(10-16-11)17-9-12-5-4-6-14(18-2)15(12)19-3/h4-8,10,17H,9H2,1-3H3. The van der Waals surface area contributed by atoms with Gasteiger partial charge < -0.3 is 14.8 Å². The zero-order chi connectivity index (χ0) is 13.7. The number of aromatic nitrogens is 1. The fourth-order valence-electron chi connectivity index (χ4n) is 1.86. The van der Waals surface area contributed by atoms with E-state index in [0.29, 0.717) is 6.54 Å². The number of rotatable bonds is 5. The zero-order valence-electron chi connectivity index (χ0n) is 11.4. The minimum absolute atomic E-state index is 0.658. The lowest BCUT2D eigenvalue weighted by Crippen LogP contribution is -2.03. The van der Waals surface area contributed by atoms with E-state index in [1.807, 2.05) is 43.5 Å². The Kier molecular flexibility index (Phi) is 4.23. The molecule has 1 aromatic carbocycles. The van der Waals surface area contributed by atoms with Crippen LogP contribution in [-0.4, -0.2) is 19.2 Å². The van der Waals surface area contributed by atoms with Crippen LogP contribution in [0.15, 0.2) is 36.5 Å². The van der Waals surface area contributed by atoms with Gasteiger partial charge in [0.05, 0.1) is 26.1 Å². The summed E-state index contributed by atoms with van der Waals surface area (Å²) in [5.74, 6) is 1.50. The summed E-state index contributed by atoms with van der Waals surface area (Å²) >= 11 is 0. The van der Waals surface area contributed by atoms with Crippen molar-refractivity contribution in [3.63, 3.8) is 0 Å². The molecule has 2 aromatic rings. The topological polar surface area (TPSA) is 43.4 Å². The summed E-state index contributed by atoms with van der Waals surface area (Å²) in [6.45, 7) is 2.62. The molecule has 0 spiro atoms. The Morgan fingerprint density at radius 1 is 1.11 bits per heavy atom. The first kappa shape index (κ1) is 13.2. The molecule has 1 aromatic heterocycles. The molecule has 4 nitrogen and oxygen atoms in total. The number of ether oxygens (including phenoxy) is 2. The van der Waals surface area contributed by atoms with Gasteiger partial charge in [-0.3, -0.25) is 4.98 Å². The number of benzene rings is 1. The fraction of sp³-hybridized carbons (Fsp3) is 0.267. The average Bonchev–Trinajstić information content (AvgIpc) is 2.46. The second-order valence-corrected chi connectivity index (χ2v) is 4.19. The second kappa shape index (κ2) is 6.09. The van der Waals surface area contributed by atoms with E-state index in [0.717, 1.165) is 28.4 Å². The molecule has 19 heavy (non-hydrogen) atoms. The maximum absolute atomic E-state index is 5.39. The number of nitrogens with zero attached hydrogens (tertiary/aromatic N) is 1. The molecule has 0 unspecified atom stereocenters. The lowest BCUT2D eigenvalue weighted by atomic mass is 10.2. The summed E-state index contributed by atoms with van der Waals surface area (Å²) in [5.41, 5.74) is 3.03. The summed E-state index contributed by atoms with van der Waals surface area (Å²) in [6, 6.07) is 9.83. The van der Waals surface area contributed by atoms with Crippen molar-refractivity contribution in [1.82, 2.24) is 4.98 Å². The lowest BCUT2D eigenvalue weighted by molar-refractivity contribution is 0.352. The monoisotopic (exact) mass is 258 g/mol. The van der Waals surface area contributed by atoms with E-state index in [2.05, 4.69) is 10.3 Å². The first-order valence-electron chi connectivity index (χ1n) is 6.11. The summed E-state index contributed by atoms with van der Waals surface area (Å²) in [6.07, 6.45) is 1.82. The normalized spacial score (nSPS) is 10.1. The Balaban J connectivity index is 2.13. The number of para-hydroxylation sites is 1. The van der Waals surface area contributed by atoms with Crippen LogP contribution in [-0.2, 0) is 6.54 Å². The maximum atomic E-state index is 5.39. The van der Waals surface area contributed by atoms with Gasteiger partial charge in [0.1, 0.15) is 0 Å². The largest absolute Gasteiger partial charge is 0.493 e. The molecule has 4 heteroatoms. The summed E-state index contributed by atoms with van der Waals surface area (Å²) < 4.78 is 10.7. The van der Waals surface area contributed by atoms with Gasteiger partial charge in [0.2, 0.25) is 0 Å². The van der Waals surface area contributed by atoms with Gasteiger partial charge in [0.25, 0.3) is 0 Å². The van der Waals surface area contributed by atoms with Crippen molar-refractivity contribution in [2.75, 3.05) is 19.5 Å². The van der Waals surface area contributed by atoms with Crippen molar-refractivity contribution in [2.24, 2.45) is 0 Å². The van der Waals surface area contributed by atoms with Gasteiger partial charge in [-0.1, -0.05) is 12.1 Å². The molecule has 1 N–H and O–H groups in total. The highest BCUT2D eigenvalue weighted by molar-refractivity contribution is 5.49. The molecule has 0 amide bonds. The van der Waals surface area contributed by atoms with Gasteiger partial charge in [-0.05, 0) is 25.1 Å². The van der Waals surface area contributed by atoms with E-state index in [9.17, 15) is 0 Å². The average molecular weight is 258 g/mol. The number of hydrogen-bond acceptors (Lipinski definition) is 4. The predicted molar refractivity (Wildman–Crippen MR) is 75.8 cm³/mol. The third-order valence-corrected chi connectivity index (χ3v) is 2.88. The molecule has 0 fully saturated rings. The maximum Gasteiger partial charge on any atom is 0.165 e. The highest BCUT2D eigenvalue weighted by atomic mass is 16.5.